The van der Waals surface area contributed by atoms with Gasteiger partial charge in [0.25, 0.3) is 0 Å². The summed E-state index contributed by atoms with van der Waals surface area (Å²) < 4.78 is 1.73. The smallest absolute Gasteiger partial charge is 0.247 e. The minimum absolute atomic E-state index is 0.719. The van der Waals surface area contributed by atoms with Gasteiger partial charge >= 0.3 is 0 Å². The first kappa shape index (κ1) is 10.3. The van der Waals surface area contributed by atoms with Crippen molar-refractivity contribution < 1.29 is 0 Å². The number of benzene rings is 1. The summed E-state index contributed by atoms with van der Waals surface area (Å²) >= 11 is 0. The number of nitrogens with one attached hydrogen (secondary N) is 1. The zero-order valence-electron chi connectivity index (χ0n) is 9.58. The van der Waals surface area contributed by atoms with Gasteiger partial charge in [-0.2, -0.15) is 4.68 Å². The predicted octanol–water partition coefficient (Wildman–Crippen LogP) is 1.87. The molecule has 5 heteroatoms. The Kier molecular flexibility index (Phi) is 2.73. The Balaban J connectivity index is 1.70. The first-order valence-electron chi connectivity index (χ1n) is 6.01. The minimum Gasteiger partial charge on any atom is -0.353 e. The van der Waals surface area contributed by atoms with E-state index in [1.807, 2.05) is 30.3 Å². The second kappa shape index (κ2) is 4.53. The molecule has 5 nitrogen and oxygen atoms in total. The van der Waals surface area contributed by atoms with Crippen molar-refractivity contribution in [2.45, 2.75) is 19.3 Å². The maximum Gasteiger partial charge on any atom is 0.247 e. The molecule has 1 N–H and O–H groups in total. The molecule has 0 aliphatic heterocycles. The second-order valence-electron chi connectivity index (χ2n) is 4.41. The molecule has 1 aliphatic carbocycles. The van der Waals surface area contributed by atoms with E-state index in [1.165, 1.54) is 19.3 Å². The van der Waals surface area contributed by atoms with Gasteiger partial charge in [-0.05, 0) is 34.9 Å². The van der Waals surface area contributed by atoms with Gasteiger partial charge < -0.3 is 5.32 Å². The summed E-state index contributed by atoms with van der Waals surface area (Å²) in [6.45, 7) is 0.942. The van der Waals surface area contributed by atoms with E-state index >= 15 is 0 Å². The highest BCUT2D eigenvalue weighted by Gasteiger charge is 2.20. The van der Waals surface area contributed by atoms with Gasteiger partial charge in [0, 0.05) is 6.54 Å². The van der Waals surface area contributed by atoms with Crippen LogP contribution in [0.2, 0.25) is 0 Å². The molecule has 88 valence electrons. The fourth-order valence-corrected chi connectivity index (χ4v) is 1.84. The van der Waals surface area contributed by atoms with Crippen molar-refractivity contribution in [1.82, 2.24) is 20.2 Å². The van der Waals surface area contributed by atoms with Crippen LogP contribution < -0.4 is 5.32 Å². The number of hydrogen-bond acceptors (Lipinski definition) is 4. The molecule has 0 spiro atoms. The van der Waals surface area contributed by atoms with E-state index in [1.54, 1.807) is 4.68 Å². The maximum absolute atomic E-state index is 4.00. The summed E-state index contributed by atoms with van der Waals surface area (Å²) in [4.78, 5) is 0. The fraction of sp³-hybridized carbons (Fsp3) is 0.417. The Bertz CT molecular complexity index is 475. The highest BCUT2D eigenvalue weighted by molar-refractivity contribution is 5.38. The van der Waals surface area contributed by atoms with E-state index in [-0.39, 0.29) is 0 Å². The number of para-hydroxylation sites is 1. The summed E-state index contributed by atoms with van der Waals surface area (Å²) in [5.41, 5.74) is 0.978. The third kappa shape index (κ3) is 2.43. The van der Waals surface area contributed by atoms with Crippen LogP contribution in [0.25, 0.3) is 5.69 Å². The lowest BCUT2D eigenvalue weighted by molar-refractivity contribution is 0.748. The standard InChI is InChI=1S/C12H15N5/c1-2-4-11(5-3-1)17-12(14-15-16-17)13-9-8-10-6-7-10/h1-5,10H,6-9H2,(H,13,14,16). The Hall–Kier alpha value is -1.91. The minimum atomic E-state index is 0.719. The molecule has 1 fully saturated rings. The highest BCUT2D eigenvalue weighted by Crippen LogP contribution is 2.32. The molecule has 17 heavy (non-hydrogen) atoms. The van der Waals surface area contributed by atoms with E-state index in [4.69, 9.17) is 0 Å². The van der Waals surface area contributed by atoms with Crippen molar-refractivity contribution in [2.75, 3.05) is 11.9 Å². The van der Waals surface area contributed by atoms with Crippen LogP contribution in [0.4, 0.5) is 5.95 Å². The average Bonchev–Trinajstić information content (AvgIpc) is 3.07. The van der Waals surface area contributed by atoms with Crippen molar-refractivity contribution in [3.63, 3.8) is 0 Å². The van der Waals surface area contributed by atoms with Crippen LogP contribution in [-0.4, -0.2) is 26.8 Å². The topological polar surface area (TPSA) is 55.6 Å². The summed E-state index contributed by atoms with van der Waals surface area (Å²) in [7, 11) is 0. The first-order chi connectivity index (χ1) is 8.43. The van der Waals surface area contributed by atoms with Gasteiger partial charge in [-0.25, -0.2) is 0 Å². The molecule has 0 amide bonds. The zero-order chi connectivity index (χ0) is 11.5. The Morgan fingerprint density at radius 3 is 2.82 bits per heavy atom. The lowest BCUT2D eigenvalue weighted by Gasteiger charge is -2.06. The molecule has 0 bridgehead atoms. The number of aromatic nitrogens is 4. The Morgan fingerprint density at radius 1 is 1.24 bits per heavy atom. The average molecular weight is 229 g/mol. The lowest BCUT2D eigenvalue weighted by atomic mass is 10.3. The van der Waals surface area contributed by atoms with Crippen LogP contribution >= 0.6 is 0 Å². The first-order valence-corrected chi connectivity index (χ1v) is 6.01. The van der Waals surface area contributed by atoms with E-state index in [0.29, 0.717) is 0 Å². The van der Waals surface area contributed by atoms with Gasteiger partial charge in [0.05, 0.1) is 5.69 Å². The number of anilines is 1. The molecule has 3 rings (SSSR count). The van der Waals surface area contributed by atoms with Crippen LogP contribution in [0.3, 0.4) is 0 Å². The molecule has 1 aromatic heterocycles. The number of nitrogens with zero attached hydrogens (tertiary/aromatic N) is 4. The molecule has 0 atom stereocenters. The molecule has 0 unspecified atom stereocenters. The molecule has 0 saturated heterocycles. The van der Waals surface area contributed by atoms with Crippen molar-refractivity contribution >= 4 is 5.95 Å². The van der Waals surface area contributed by atoms with Gasteiger partial charge in [0.1, 0.15) is 0 Å². The quantitative estimate of drug-likeness (QED) is 0.850. The van der Waals surface area contributed by atoms with E-state index in [2.05, 4.69) is 20.8 Å². The van der Waals surface area contributed by atoms with E-state index in [0.717, 1.165) is 24.1 Å². The van der Waals surface area contributed by atoms with Gasteiger partial charge in [-0.15, -0.1) is 0 Å². The largest absolute Gasteiger partial charge is 0.353 e. The molecule has 1 aromatic carbocycles. The molecule has 1 aliphatic rings. The summed E-state index contributed by atoms with van der Waals surface area (Å²) in [5.74, 6) is 1.64. The van der Waals surface area contributed by atoms with Gasteiger partial charge in [0.2, 0.25) is 5.95 Å². The van der Waals surface area contributed by atoms with E-state index in [9.17, 15) is 0 Å². The number of tetrazole rings is 1. The summed E-state index contributed by atoms with van der Waals surface area (Å²) in [6.07, 6.45) is 3.97. The molecule has 1 saturated carbocycles. The number of rotatable bonds is 5. The predicted molar refractivity (Wildman–Crippen MR) is 65.0 cm³/mol. The SMILES string of the molecule is c1ccc(-n2nnnc2NCCC2CC2)cc1. The van der Waals surface area contributed by atoms with Crippen molar-refractivity contribution in [3.05, 3.63) is 30.3 Å². The van der Waals surface area contributed by atoms with Gasteiger partial charge in [0.15, 0.2) is 0 Å². The third-order valence-electron chi connectivity index (χ3n) is 3.00. The van der Waals surface area contributed by atoms with Crippen LogP contribution in [0.1, 0.15) is 19.3 Å². The van der Waals surface area contributed by atoms with Gasteiger partial charge in [-0.3, -0.25) is 0 Å². The maximum atomic E-state index is 4.00. The van der Waals surface area contributed by atoms with E-state index < -0.39 is 0 Å². The Labute approximate surface area is 99.8 Å². The fourth-order valence-electron chi connectivity index (χ4n) is 1.84. The van der Waals surface area contributed by atoms with Crippen LogP contribution in [0.15, 0.2) is 30.3 Å². The molecule has 2 aromatic rings. The zero-order valence-corrected chi connectivity index (χ0v) is 9.58. The second-order valence-corrected chi connectivity index (χ2v) is 4.41. The summed E-state index contributed by atoms with van der Waals surface area (Å²) in [6, 6.07) is 9.91. The van der Waals surface area contributed by atoms with Crippen molar-refractivity contribution in [1.29, 1.82) is 0 Å². The highest BCUT2D eigenvalue weighted by atomic mass is 15.6. The van der Waals surface area contributed by atoms with Gasteiger partial charge in [-0.1, -0.05) is 36.1 Å². The normalized spacial score (nSPS) is 14.8. The molecule has 0 radical (unpaired) electrons. The molecular formula is C12H15N5. The third-order valence-corrected chi connectivity index (χ3v) is 3.00. The van der Waals surface area contributed by atoms with Crippen molar-refractivity contribution in [2.24, 2.45) is 5.92 Å². The van der Waals surface area contributed by atoms with Crippen LogP contribution in [0, 0.1) is 5.92 Å². The molecular weight excluding hydrogens is 214 g/mol. The Morgan fingerprint density at radius 2 is 2.06 bits per heavy atom. The van der Waals surface area contributed by atoms with Crippen LogP contribution in [-0.2, 0) is 0 Å². The van der Waals surface area contributed by atoms with Crippen LogP contribution in [0.5, 0.6) is 0 Å². The lowest BCUT2D eigenvalue weighted by Crippen LogP contribution is -2.09. The number of hydrogen-bond donors (Lipinski definition) is 1. The van der Waals surface area contributed by atoms with Crippen molar-refractivity contribution in [3.8, 4) is 5.69 Å². The summed E-state index contributed by atoms with van der Waals surface area (Å²) in [5, 5.41) is 15.0. The monoisotopic (exact) mass is 229 g/mol. The molecule has 1 heterocycles.